The molecule has 0 spiro atoms. The lowest BCUT2D eigenvalue weighted by Crippen LogP contribution is -2.17. The van der Waals surface area contributed by atoms with Gasteiger partial charge >= 0.3 is 0 Å². The zero-order chi connectivity index (χ0) is 10.8. The van der Waals surface area contributed by atoms with Crippen LogP contribution >= 0.6 is 0 Å². The summed E-state index contributed by atoms with van der Waals surface area (Å²) < 4.78 is 5.46. The summed E-state index contributed by atoms with van der Waals surface area (Å²) in [6, 6.07) is 0.327. The number of aromatic nitrogens is 1. The van der Waals surface area contributed by atoms with Crippen LogP contribution in [0.1, 0.15) is 37.4 Å². The molecular formula is C11H18N2O2. The van der Waals surface area contributed by atoms with E-state index in [0.717, 1.165) is 24.6 Å². The van der Waals surface area contributed by atoms with Crippen LogP contribution < -0.4 is 0 Å². The Balaban J connectivity index is 2.06. The van der Waals surface area contributed by atoms with Crippen LogP contribution in [0.25, 0.3) is 0 Å². The van der Waals surface area contributed by atoms with Gasteiger partial charge in [-0.25, -0.2) is 4.98 Å². The predicted octanol–water partition coefficient (Wildman–Crippen LogP) is 1.36. The maximum absolute atomic E-state index is 9.24. The summed E-state index contributed by atoms with van der Waals surface area (Å²) >= 11 is 0. The highest BCUT2D eigenvalue weighted by molar-refractivity contribution is 5.02. The molecule has 15 heavy (non-hydrogen) atoms. The predicted molar refractivity (Wildman–Crippen MR) is 56.5 cm³/mol. The number of hydrogen-bond donors (Lipinski definition) is 1. The largest absolute Gasteiger partial charge is 0.447 e. The van der Waals surface area contributed by atoms with Gasteiger partial charge in [0.2, 0.25) is 5.89 Å². The van der Waals surface area contributed by atoms with E-state index >= 15 is 0 Å². The second-order valence-electron chi connectivity index (χ2n) is 4.37. The van der Waals surface area contributed by atoms with E-state index in [1.54, 1.807) is 13.2 Å². The van der Waals surface area contributed by atoms with Crippen molar-refractivity contribution in [2.24, 2.45) is 0 Å². The summed E-state index contributed by atoms with van der Waals surface area (Å²) in [5.41, 5.74) is 0.848. The minimum Gasteiger partial charge on any atom is -0.447 e. The molecule has 2 unspecified atom stereocenters. The summed E-state index contributed by atoms with van der Waals surface area (Å²) in [7, 11) is 2.09. The van der Waals surface area contributed by atoms with Gasteiger partial charge in [-0.3, -0.25) is 4.90 Å². The Morgan fingerprint density at radius 3 is 3.13 bits per heavy atom. The first-order valence-electron chi connectivity index (χ1n) is 5.49. The summed E-state index contributed by atoms with van der Waals surface area (Å²) in [6.07, 6.45) is 4.19. The van der Waals surface area contributed by atoms with Crippen molar-refractivity contribution < 1.29 is 9.52 Å². The van der Waals surface area contributed by atoms with Crippen LogP contribution in [-0.2, 0) is 6.42 Å². The molecule has 0 saturated carbocycles. The maximum atomic E-state index is 9.24. The van der Waals surface area contributed by atoms with Gasteiger partial charge in [0.25, 0.3) is 0 Å². The summed E-state index contributed by atoms with van der Waals surface area (Å²) in [6.45, 7) is 2.87. The van der Waals surface area contributed by atoms with Crippen molar-refractivity contribution in [1.82, 2.24) is 9.88 Å². The van der Waals surface area contributed by atoms with Crippen LogP contribution in [0.3, 0.4) is 0 Å². The van der Waals surface area contributed by atoms with Crippen LogP contribution in [0, 0.1) is 0 Å². The molecule has 1 aromatic rings. The Morgan fingerprint density at radius 1 is 1.73 bits per heavy atom. The smallest absolute Gasteiger partial charge is 0.211 e. The third kappa shape index (κ3) is 2.38. The van der Waals surface area contributed by atoms with Gasteiger partial charge in [-0.05, 0) is 33.4 Å². The topological polar surface area (TPSA) is 49.5 Å². The molecule has 2 atom stereocenters. The van der Waals surface area contributed by atoms with Gasteiger partial charge in [-0.15, -0.1) is 0 Å². The molecule has 84 valence electrons. The molecule has 1 aliphatic heterocycles. The molecule has 1 aromatic heterocycles. The highest BCUT2D eigenvalue weighted by Gasteiger charge is 2.26. The standard InChI is InChI=1S/C11H18N2O2/c1-8(14)6-9-7-15-11(12-9)10-4-3-5-13(10)2/h7-8,10,14H,3-6H2,1-2H3. The van der Waals surface area contributed by atoms with E-state index in [1.807, 2.05) is 0 Å². The third-order valence-corrected chi connectivity index (χ3v) is 2.88. The number of aliphatic hydroxyl groups excluding tert-OH is 1. The molecule has 1 N–H and O–H groups in total. The number of oxazole rings is 1. The fourth-order valence-corrected chi connectivity index (χ4v) is 2.09. The highest BCUT2D eigenvalue weighted by atomic mass is 16.3. The van der Waals surface area contributed by atoms with E-state index in [-0.39, 0.29) is 6.10 Å². The molecule has 4 nitrogen and oxygen atoms in total. The number of hydrogen-bond acceptors (Lipinski definition) is 4. The van der Waals surface area contributed by atoms with Crippen molar-refractivity contribution in [2.75, 3.05) is 13.6 Å². The normalized spacial score (nSPS) is 24.6. The Hall–Kier alpha value is -0.870. The lowest BCUT2D eigenvalue weighted by Gasteiger charge is -2.15. The summed E-state index contributed by atoms with van der Waals surface area (Å²) in [5.74, 6) is 0.797. The van der Waals surface area contributed by atoms with Crippen molar-refractivity contribution >= 4 is 0 Å². The van der Waals surface area contributed by atoms with Gasteiger partial charge < -0.3 is 9.52 Å². The van der Waals surface area contributed by atoms with Crippen LogP contribution in [-0.4, -0.2) is 34.7 Å². The second kappa shape index (κ2) is 4.33. The molecule has 0 amide bonds. The van der Waals surface area contributed by atoms with Crippen LogP contribution in [0.2, 0.25) is 0 Å². The van der Waals surface area contributed by atoms with E-state index in [0.29, 0.717) is 12.5 Å². The van der Waals surface area contributed by atoms with E-state index in [4.69, 9.17) is 4.42 Å². The number of nitrogens with zero attached hydrogens (tertiary/aromatic N) is 2. The first kappa shape index (κ1) is 10.6. The molecule has 1 fully saturated rings. The molecule has 0 aromatic carbocycles. The quantitative estimate of drug-likeness (QED) is 0.818. The Morgan fingerprint density at radius 2 is 2.53 bits per heavy atom. The molecule has 0 bridgehead atoms. The first-order valence-corrected chi connectivity index (χ1v) is 5.49. The van der Waals surface area contributed by atoms with Gasteiger partial charge in [0.05, 0.1) is 17.8 Å². The minimum absolute atomic E-state index is 0.327. The van der Waals surface area contributed by atoms with Crippen LogP contribution in [0.4, 0.5) is 0 Å². The third-order valence-electron chi connectivity index (χ3n) is 2.88. The lowest BCUT2D eigenvalue weighted by atomic mass is 10.2. The van der Waals surface area contributed by atoms with Crippen molar-refractivity contribution in [1.29, 1.82) is 0 Å². The fourth-order valence-electron chi connectivity index (χ4n) is 2.09. The van der Waals surface area contributed by atoms with Gasteiger partial charge in [0.15, 0.2) is 0 Å². The SMILES string of the molecule is CC(O)Cc1coc(C2CCCN2C)n1. The molecule has 1 aliphatic rings. The fraction of sp³-hybridized carbons (Fsp3) is 0.727. The van der Waals surface area contributed by atoms with Crippen molar-refractivity contribution in [3.8, 4) is 0 Å². The molecular weight excluding hydrogens is 192 g/mol. The average molecular weight is 210 g/mol. The van der Waals surface area contributed by atoms with E-state index in [2.05, 4.69) is 16.9 Å². The van der Waals surface area contributed by atoms with Gasteiger partial charge in [0, 0.05) is 6.42 Å². The Kier molecular flexibility index (Phi) is 3.07. The molecule has 1 saturated heterocycles. The molecule has 0 aliphatic carbocycles. The van der Waals surface area contributed by atoms with E-state index in [1.165, 1.54) is 6.42 Å². The first-order chi connectivity index (χ1) is 7.16. The molecule has 2 rings (SSSR count). The van der Waals surface area contributed by atoms with Crippen molar-refractivity contribution in [3.05, 3.63) is 17.8 Å². The lowest BCUT2D eigenvalue weighted by molar-refractivity contribution is 0.194. The van der Waals surface area contributed by atoms with Gasteiger partial charge in [-0.1, -0.05) is 0 Å². The zero-order valence-corrected chi connectivity index (χ0v) is 9.31. The maximum Gasteiger partial charge on any atom is 0.211 e. The Labute approximate surface area is 89.9 Å². The zero-order valence-electron chi connectivity index (χ0n) is 9.31. The van der Waals surface area contributed by atoms with Gasteiger partial charge in [-0.2, -0.15) is 0 Å². The average Bonchev–Trinajstić information content (AvgIpc) is 2.72. The number of likely N-dealkylation sites (tertiary alicyclic amines) is 1. The van der Waals surface area contributed by atoms with Crippen molar-refractivity contribution in [2.45, 2.75) is 38.3 Å². The molecule has 0 radical (unpaired) electrons. The Bertz CT molecular complexity index is 322. The molecule has 4 heteroatoms. The van der Waals surface area contributed by atoms with E-state index in [9.17, 15) is 5.11 Å². The summed E-state index contributed by atoms with van der Waals surface area (Å²) in [5, 5.41) is 9.24. The number of rotatable bonds is 3. The van der Waals surface area contributed by atoms with E-state index < -0.39 is 0 Å². The van der Waals surface area contributed by atoms with Crippen molar-refractivity contribution in [3.63, 3.8) is 0 Å². The van der Waals surface area contributed by atoms with Crippen LogP contribution in [0.15, 0.2) is 10.7 Å². The highest BCUT2D eigenvalue weighted by Crippen LogP contribution is 2.29. The van der Waals surface area contributed by atoms with Crippen LogP contribution in [0.5, 0.6) is 0 Å². The molecule has 2 heterocycles. The second-order valence-corrected chi connectivity index (χ2v) is 4.37. The van der Waals surface area contributed by atoms with Gasteiger partial charge in [0.1, 0.15) is 6.26 Å². The number of aliphatic hydroxyl groups is 1. The monoisotopic (exact) mass is 210 g/mol. The minimum atomic E-state index is -0.357. The summed E-state index contributed by atoms with van der Waals surface area (Å²) in [4.78, 5) is 6.68.